The van der Waals surface area contributed by atoms with E-state index < -0.39 is 84.4 Å². The van der Waals surface area contributed by atoms with Crippen LogP contribution in [-0.2, 0) is 37.4 Å². The van der Waals surface area contributed by atoms with Gasteiger partial charge in [0.15, 0.2) is 17.1 Å². The third-order valence-electron chi connectivity index (χ3n) is 8.74. The normalized spacial score (nSPS) is 31.6. The average Bonchev–Trinajstić information content (AvgIpc) is 3.71. The number of nitrogens with zero attached hydrogens (tertiary/aromatic N) is 10. The predicted molar refractivity (Wildman–Crippen MR) is 183 cm³/mol. The van der Waals surface area contributed by atoms with Crippen LogP contribution in [0, 0.1) is 5.92 Å². The number of carbonyl (C=O) groups excluding carboxylic acids is 1. The lowest BCUT2D eigenvalue weighted by atomic mass is 10.0. The third-order valence-corrected chi connectivity index (χ3v) is 12.1. The Morgan fingerprint density at radius 2 is 1.88 bits per heavy atom. The van der Waals surface area contributed by atoms with E-state index in [1.807, 2.05) is 0 Å². The van der Waals surface area contributed by atoms with Gasteiger partial charge < -0.3 is 40.0 Å². The van der Waals surface area contributed by atoms with E-state index in [-0.39, 0.29) is 35.0 Å². The van der Waals surface area contributed by atoms with Gasteiger partial charge in [0.1, 0.15) is 52.5 Å². The lowest BCUT2D eigenvalue weighted by molar-refractivity contribution is -0.220. The molecule has 272 valence electrons. The standard InChI is InChI=1S/C25H29N12O10PS3/c1-42-48(41,50)44-5-12-15(9(3-38)23(46-12)37-22-16(51-24(37)40)20(27)30-7-32-22)47-25(17(39)18(25)49)43-4-11-10(34-35-28)2-13(45-11)36-8-33-14-19(26)29-6-31-21(14)36/h6-13,15,18,23,38,49H,2-5H2,1H3,(H,41,50)(H2,26,29,31)(H2,27,30,32)/t9?,10?,11-,12-,13-,15+,18?,23-,25?,48?/m1/s1. The second-order valence-electron chi connectivity index (χ2n) is 11.6. The highest BCUT2D eigenvalue weighted by atomic mass is 32.7. The number of thiazole rings is 1. The van der Waals surface area contributed by atoms with Crippen LogP contribution in [-0.4, -0.2) is 107 Å². The molecule has 0 aromatic carbocycles. The SMILES string of the molecule is COP(=O)(S)OC[C@H]1O[C@@H](n2c(=O)sc3c(N)ncnc32)C(CO)[C@@H]1OC1(OC[C@H]2O[C@@H](n3cnc4c(N)ncnc43)CC2N=[N+]=[N-])C(=O)C1S. The molecule has 7 rings (SSSR count). The number of hydrogen-bond acceptors (Lipinski definition) is 20. The van der Waals surface area contributed by atoms with E-state index in [2.05, 4.69) is 59.8 Å². The molecule has 4 aromatic heterocycles. The maximum Gasteiger partial charge on any atom is 0.385 e. The fraction of sp³-hybridized carbons (Fsp3) is 0.560. The molecule has 3 aliphatic rings. The molecule has 2 saturated heterocycles. The number of carbonyl (C=O) groups is 1. The van der Waals surface area contributed by atoms with Crippen LogP contribution in [0.25, 0.3) is 32.0 Å². The van der Waals surface area contributed by atoms with Crippen LogP contribution < -0.4 is 16.3 Å². The Bertz CT molecular complexity index is 2150. The molecule has 22 nitrogen and oxygen atoms in total. The first-order valence-corrected chi connectivity index (χ1v) is 19.0. The number of nitrogens with two attached hydrogens (primary N) is 2. The maximum absolute atomic E-state index is 13.2. The van der Waals surface area contributed by atoms with Crippen molar-refractivity contribution in [1.29, 1.82) is 0 Å². The zero-order valence-corrected chi connectivity index (χ0v) is 29.7. The molecule has 0 amide bonds. The Morgan fingerprint density at radius 1 is 1.16 bits per heavy atom. The lowest BCUT2D eigenvalue weighted by Gasteiger charge is -2.28. The smallest absolute Gasteiger partial charge is 0.385 e. The second kappa shape index (κ2) is 13.8. The molecule has 5 unspecified atom stereocenters. The summed E-state index contributed by atoms with van der Waals surface area (Å²) in [7, 11) is 1.13. The summed E-state index contributed by atoms with van der Waals surface area (Å²) in [6.07, 6.45) is -1.11. The summed E-state index contributed by atoms with van der Waals surface area (Å²) in [4.78, 5) is 49.4. The molecular weight excluding hydrogens is 756 g/mol. The van der Waals surface area contributed by atoms with Gasteiger partial charge in [-0.1, -0.05) is 28.7 Å². The summed E-state index contributed by atoms with van der Waals surface area (Å²) in [5.74, 6) is -3.38. The maximum atomic E-state index is 13.2. The van der Waals surface area contributed by atoms with Crippen LogP contribution in [0.2, 0.25) is 0 Å². The van der Waals surface area contributed by atoms with Gasteiger partial charge >= 0.3 is 11.7 Å². The predicted octanol–water partition coefficient (Wildman–Crippen LogP) is 1.01. The van der Waals surface area contributed by atoms with Gasteiger partial charge in [-0.15, -0.1) is 0 Å². The molecular formula is C25H29N12O10PS3. The van der Waals surface area contributed by atoms with Crippen LogP contribution in [0.15, 0.2) is 28.9 Å². The molecule has 1 aliphatic carbocycles. The largest absolute Gasteiger partial charge is 0.396 e. The average molecular weight is 785 g/mol. The third kappa shape index (κ3) is 6.36. The highest BCUT2D eigenvalue weighted by molar-refractivity contribution is 8.44. The molecule has 3 fully saturated rings. The van der Waals surface area contributed by atoms with Crippen molar-refractivity contribution >= 4 is 81.9 Å². The second-order valence-corrected chi connectivity index (χ2v) is 16.1. The molecule has 0 spiro atoms. The Kier molecular flexibility index (Phi) is 9.75. The fourth-order valence-corrected chi connectivity index (χ4v) is 8.00. The lowest BCUT2D eigenvalue weighted by Crippen LogP contribution is -2.43. The van der Waals surface area contributed by atoms with Crippen molar-refractivity contribution in [3.63, 3.8) is 0 Å². The number of aliphatic hydroxyl groups excluding tert-OH is 1. The van der Waals surface area contributed by atoms with Gasteiger partial charge in [-0.05, 0) is 5.53 Å². The Labute approximate surface area is 300 Å². The van der Waals surface area contributed by atoms with Gasteiger partial charge in [0, 0.05) is 18.4 Å². The summed E-state index contributed by atoms with van der Waals surface area (Å²) in [5.41, 5.74) is 22.1. The molecule has 0 radical (unpaired) electrons. The molecule has 26 heteroatoms. The van der Waals surface area contributed by atoms with Gasteiger partial charge in [-0.2, -0.15) is 12.6 Å². The number of nitrogen functional groups attached to an aromatic ring is 2. The number of aromatic nitrogens is 7. The number of fused-ring (bicyclic) bond motifs is 2. The van der Waals surface area contributed by atoms with Crippen molar-refractivity contribution in [1.82, 2.24) is 34.1 Å². The van der Waals surface area contributed by atoms with Crippen molar-refractivity contribution in [2.24, 2.45) is 11.0 Å². The van der Waals surface area contributed by atoms with Crippen molar-refractivity contribution in [2.45, 2.75) is 54.3 Å². The molecule has 2 aliphatic heterocycles. The zero-order valence-electron chi connectivity index (χ0n) is 26.2. The molecule has 5 N–H and O–H groups in total. The van der Waals surface area contributed by atoms with Gasteiger partial charge in [0.25, 0.3) is 0 Å². The van der Waals surface area contributed by atoms with Crippen LogP contribution in [0.3, 0.4) is 0 Å². The van der Waals surface area contributed by atoms with Crippen LogP contribution in [0.5, 0.6) is 0 Å². The van der Waals surface area contributed by atoms with Gasteiger partial charge in [0.2, 0.25) is 11.6 Å². The highest BCUT2D eigenvalue weighted by Gasteiger charge is 2.70. The van der Waals surface area contributed by atoms with Crippen molar-refractivity contribution in [2.75, 3.05) is 38.4 Å². The minimum Gasteiger partial charge on any atom is -0.396 e. The van der Waals surface area contributed by atoms with E-state index >= 15 is 0 Å². The molecule has 51 heavy (non-hydrogen) atoms. The number of imidazole rings is 1. The number of ketones is 1. The molecule has 0 bridgehead atoms. The van der Waals surface area contributed by atoms with Gasteiger partial charge in [0.05, 0.1) is 50.3 Å². The van der Waals surface area contributed by atoms with Crippen molar-refractivity contribution in [3.05, 3.63) is 39.1 Å². The van der Waals surface area contributed by atoms with Crippen molar-refractivity contribution < 1.29 is 42.5 Å². The quantitative estimate of drug-likeness (QED) is 0.0315. The van der Waals surface area contributed by atoms with Crippen LogP contribution in [0.4, 0.5) is 11.6 Å². The number of thiol groups is 2. The van der Waals surface area contributed by atoms with Crippen LogP contribution in [0.1, 0.15) is 18.9 Å². The van der Waals surface area contributed by atoms with E-state index in [9.17, 15) is 24.8 Å². The highest BCUT2D eigenvalue weighted by Crippen LogP contribution is 2.54. The summed E-state index contributed by atoms with van der Waals surface area (Å²) >= 11 is 9.06. The Balaban J connectivity index is 1.16. The number of hydrogen-bond donors (Lipinski definition) is 5. The number of azide groups is 1. The molecule has 4 aromatic rings. The Morgan fingerprint density at radius 3 is 2.57 bits per heavy atom. The zero-order chi connectivity index (χ0) is 36.2. The fourth-order valence-electron chi connectivity index (χ4n) is 6.13. The topological polar surface area (TPSA) is 302 Å². The summed E-state index contributed by atoms with van der Waals surface area (Å²) in [6.45, 7) is -5.27. The number of Topliss-reactive ketones (excluding diaryl/α,β-unsaturated/α-hetero) is 1. The van der Waals surface area contributed by atoms with E-state index in [0.717, 1.165) is 18.4 Å². The van der Waals surface area contributed by atoms with E-state index in [4.69, 9.17) is 39.5 Å². The molecule has 10 atom stereocenters. The number of aliphatic hydroxyl groups is 1. The minimum atomic E-state index is -3.86. The van der Waals surface area contributed by atoms with Crippen LogP contribution >= 0.6 is 43.0 Å². The first-order valence-electron chi connectivity index (χ1n) is 15.0. The Hall–Kier alpha value is -3.45. The first kappa shape index (κ1) is 35.9. The van der Waals surface area contributed by atoms with Crippen molar-refractivity contribution in [3.8, 4) is 0 Å². The van der Waals surface area contributed by atoms with Gasteiger partial charge in [-0.25, -0.2) is 29.5 Å². The van der Waals surface area contributed by atoms with E-state index in [1.165, 1.54) is 23.5 Å². The molecule has 1 saturated carbocycles. The minimum absolute atomic E-state index is 0.0612. The van der Waals surface area contributed by atoms with E-state index in [1.54, 1.807) is 4.57 Å². The summed E-state index contributed by atoms with van der Waals surface area (Å²) < 4.78 is 50.7. The number of ether oxygens (including phenoxy) is 4. The molecule has 6 heterocycles. The number of anilines is 2. The van der Waals surface area contributed by atoms with Gasteiger partial charge in [-0.3, -0.25) is 23.2 Å². The van der Waals surface area contributed by atoms with E-state index in [0.29, 0.717) is 11.2 Å². The monoisotopic (exact) mass is 784 g/mol. The summed E-state index contributed by atoms with van der Waals surface area (Å²) in [5, 5.41) is 13.4. The first-order chi connectivity index (χ1) is 24.4. The number of rotatable bonds is 13. The summed E-state index contributed by atoms with van der Waals surface area (Å²) in [6, 6.07) is -0.752.